The third-order valence-corrected chi connectivity index (χ3v) is 5.91. The van der Waals surface area contributed by atoms with Crippen molar-refractivity contribution in [2.75, 3.05) is 13.2 Å². The first-order chi connectivity index (χ1) is 8.66. The molecule has 1 aromatic carbocycles. The maximum atomic E-state index is 12.7. The van der Waals surface area contributed by atoms with Crippen LogP contribution in [0.3, 0.4) is 0 Å². The van der Waals surface area contributed by atoms with Crippen LogP contribution in [0.5, 0.6) is 0 Å². The maximum Gasteiger partial charge on any atom is 0.274 e. The van der Waals surface area contributed by atoms with E-state index in [9.17, 15) is 10.00 Å². The lowest BCUT2D eigenvalue weighted by Crippen LogP contribution is -2.43. The Kier molecular flexibility index (Phi) is 4.09. The van der Waals surface area contributed by atoms with Crippen molar-refractivity contribution in [3.8, 4) is 0 Å². The molecule has 1 atom stereocenters. The van der Waals surface area contributed by atoms with Crippen molar-refractivity contribution >= 4 is 23.9 Å². The quantitative estimate of drug-likeness (QED) is 0.834. The van der Waals surface area contributed by atoms with Crippen molar-refractivity contribution in [1.29, 1.82) is 0 Å². The van der Waals surface area contributed by atoms with Gasteiger partial charge >= 0.3 is 0 Å². The lowest BCUT2D eigenvalue weighted by molar-refractivity contribution is -0.252. The molecule has 0 spiro atoms. The molecule has 1 fully saturated rings. The minimum absolute atomic E-state index is 0.193. The Bertz CT molecular complexity index is 465. The summed E-state index contributed by atoms with van der Waals surface area (Å²) in [7, 11) is -3.60. The van der Waals surface area contributed by atoms with Gasteiger partial charge in [0.05, 0.1) is 0 Å². The van der Waals surface area contributed by atoms with E-state index in [2.05, 4.69) is 15.9 Å². The fourth-order valence-corrected chi connectivity index (χ4v) is 4.26. The van der Waals surface area contributed by atoms with Crippen LogP contribution in [0.15, 0.2) is 28.7 Å². The number of benzene rings is 1. The standard InChI is InChI=1S/C13H18BrO4P/c1-12(2)8-17-19(16,18-9-12)13(3,15)10-5-4-6-11(14)7-10/h4-7,15H,8-9H2,1-3H3/t13-/m1/s1. The zero-order valence-electron chi connectivity index (χ0n) is 11.2. The average molecular weight is 349 g/mol. The van der Waals surface area contributed by atoms with Crippen LogP contribution in [0.4, 0.5) is 0 Å². The second-order valence-electron chi connectivity index (χ2n) is 5.74. The number of hydrogen-bond donors (Lipinski definition) is 1. The van der Waals surface area contributed by atoms with Crippen LogP contribution >= 0.6 is 23.9 Å². The molecule has 0 radical (unpaired) electrons. The van der Waals surface area contributed by atoms with Gasteiger partial charge < -0.3 is 10.00 Å². The summed E-state index contributed by atoms with van der Waals surface area (Å²) in [6.07, 6.45) is 0. The molecule has 0 bridgehead atoms. The number of aliphatic hydroxyl groups is 1. The monoisotopic (exact) mass is 348 g/mol. The Labute approximate surface area is 122 Å². The van der Waals surface area contributed by atoms with Gasteiger partial charge in [-0.05, 0) is 12.1 Å². The fourth-order valence-electron chi connectivity index (χ4n) is 1.79. The van der Waals surface area contributed by atoms with E-state index in [4.69, 9.17) is 9.05 Å². The molecular formula is C13H18BrO4P. The molecule has 1 aliphatic rings. The van der Waals surface area contributed by atoms with Gasteiger partial charge in [0.15, 0.2) is 0 Å². The van der Waals surface area contributed by atoms with Crippen molar-refractivity contribution in [2.24, 2.45) is 5.41 Å². The van der Waals surface area contributed by atoms with Crippen LogP contribution in [0, 0.1) is 5.41 Å². The van der Waals surface area contributed by atoms with Crippen molar-refractivity contribution in [1.82, 2.24) is 0 Å². The van der Waals surface area contributed by atoms with Crippen molar-refractivity contribution in [2.45, 2.75) is 26.1 Å². The lowest BCUT2D eigenvalue weighted by Gasteiger charge is -2.44. The Balaban J connectivity index is 2.29. The van der Waals surface area contributed by atoms with Gasteiger partial charge in [-0.2, -0.15) is 0 Å². The van der Waals surface area contributed by atoms with Gasteiger partial charge in [0.25, 0.3) is 7.94 Å². The zero-order chi connectivity index (χ0) is 14.3. The molecule has 4 nitrogen and oxygen atoms in total. The van der Waals surface area contributed by atoms with Gasteiger partial charge in [-0.3, -0.25) is 0 Å². The van der Waals surface area contributed by atoms with E-state index < -0.39 is 13.3 Å². The molecule has 1 aliphatic heterocycles. The molecule has 2 rings (SSSR count). The molecule has 0 saturated carbocycles. The average Bonchev–Trinajstić information content (AvgIpc) is 2.33. The summed E-state index contributed by atoms with van der Waals surface area (Å²) >= 11 is 3.33. The van der Waals surface area contributed by atoms with Gasteiger partial charge in [0, 0.05) is 22.4 Å². The highest BCUT2D eigenvalue weighted by Gasteiger charge is 2.56. The zero-order valence-corrected chi connectivity index (χ0v) is 13.7. The normalized spacial score (nSPS) is 24.7. The van der Waals surface area contributed by atoms with Crippen LogP contribution in [-0.4, -0.2) is 18.3 Å². The highest BCUT2D eigenvalue weighted by Crippen LogP contribution is 2.69. The van der Waals surface area contributed by atoms with E-state index >= 15 is 0 Å². The van der Waals surface area contributed by atoms with E-state index in [-0.39, 0.29) is 5.41 Å². The van der Waals surface area contributed by atoms with Crippen LogP contribution in [-0.2, 0) is 14.4 Å². The molecule has 19 heavy (non-hydrogen) atoms. The summed E-state index contributed by atoms with van der Waals surface area (Å²) < 4.78 is 11.6. The summed E-state index contributed by atoms with van der Waals surface area (Å²) in [6.45, 7) is 5.99. The molecular weight excluding hydrogens is 331 g/mol. The first-order valence-corrected chi connectivity index (χ1v) is 8.38. The summed E-state index contributed by atoms with van der Waals surface area (Å²) in [5, 5.41) is 8.97. The van der Waals surface area contributed by atoms with E-state index in [1.165, 1.54) is 6.92 Å². The maximum absolute atomic E-state index is 12.7. The lowest BCUT2D eigenvalue weighted by atomic mass is 9.97. The summed E-state index contributed by atoms with van der Waals surface area (Å²) in [5.74, 6) is 0. The van der Waals surface area contributed by atoms with Crippen molar-refractivity contribution in [3.05, 3.63) is 34.3 Å². The molecule has 0 aromatic heterocycles. The van der Waals surface area contributed by atoms with Crippen LogP contribution in [0.1, 0.15) is 26.3 Å². The molecule has 0 unspecified atom stereocenters. The molecule has 1 heterocycles. The van der Waals surface area contributed by atoms with E-state index in [0.717, 1.165) is 4.47 Å². The molecule has 0 amide bonds. The van der Waals surface area contributed by atoms with Crippen LogP contribution < -0.4 is 4.89 Å². The Morgan fingerprint density at radius 3 is 2.47 bits per heavy atom. The summed E-state index contributed by atoms with van der Waals surface area (Å²) in [4.78, 5) is 12.7. The number of rotatable bonds is 2. The SMILES string of the molecule is CC1(C)CO[P+]([O-])([C@@](C)(O)c2cccc(Br)c2)OC1. The van der Waals surface area contributed by atoms with E-state index in [0.29, 0.717) is 18.8 Å². The molecule has 1 N–H and O–H groups in total. The molecule has 0 aliphatic carbocycles. The van der Waals surface area contributed by atoms with Gasteiger partial charge in [-0.25, -0.2) is 9.05 Å². The first-order valence-electron chi connectivity index (χ1n) is 6.04. The minimum Gasteiger partial charge on any atom is -0.629 e. The predicted molar refractivity (Wildman–Crippen MR) is 76.3 cm³/mol. The Hall–Kier alpha value is -0.0300. The third-order valence-electron chi connectivity index (χ3n) is 3.16. The number of halogens is 1. The summed E-state index contributed by atoms with van der Waals surface area (Å²) in [6, 6.07) is 7.03. The summed E-state index contributed by atoms with van der Waals surface area (Å²) in [5.41, 5.74) is 0.311. The van der Waals surface area contributed by atoms with Crippen molar-refractivity contribution < 1.29 is 19.0 Å². The highest BCUT2D eigenvalue weighted by atomic mass is 79.9. The largest absolute Gasteiger partial charge is 0.629 e. The molecule has 6 heteroatoms. The Morgan fingerprint density at radius 2 is 1.95 bits per heavy atom. The van der Waals surface area contributed by atoms with Gasteiger partial charge in [0.2, 0.25) is 5.34 Å². The van der Waals surface area contributed by atoms with E-state index in [1.54, 1.807) is 18.2 Å². The predicted octanol–water partition coefficient (Wildman–Crippen LogP) is 2.81. The smallest absolute Gasteiger partial charge is 0.274 e. The number of hydrogen-bond acceptors (Lipinski definition) is 4. The van der Waals surface area contributed by atoms with Gasteiger partial charge in [-0.1, -0.05) is 41.9 Å². The van der Waals surface area contributed by atoms with Crippen LogP contribution in [0.2, 0.25) is 0 Å². The van der Waals surface area contributed by atoms with Crippen molar-refractivity contribution in [3.63, 3.8) is 0 Å². The van der Waals surface area contributed by atoms with Crippen LogP contribution in [0.25, 0.3) is 0 Å². The minimum atomic E-state index is -3.60. The third kappa shape index (κ3) is 3.02. The highest BCUT2D eigenvalue weighted by molar-refractivity contribution is 9.10. The van der Waals surface area contributed by atoms with Gasteiger partial charge in [0.1, 0.15) is 13.2 Å². The molecule has 106 valence electrons. The Morgan fingerprint density at radius 1 is 1.37 bits per heavy atom. The van der Waals surface area contributed by atoms with Gasteiger partial charge in [-0.15, -0.1) is 0 Å². The fraction of sp³-hybridized carbons (Fsp3) is 0.538. The molecule has 1 saturated heterocycles. The first kappa shape index (κ1) is 15.4. The second kappa shape index (κ2) is 5.06. The second-order valence-corrected chi connectivity index (χ2v) is 9.04. The molecule has 1 aromatic rings. The topological polar surface area (TPSA) is 61.8 Å². The van der Waals surface area contributed by atoms with E-state index in [1.807, 2.05) is 19.9 Å².